The molecule has 0 amide bonds. The third-order valence-electron chi connectivity index (χ3n) is 4.54. The third-order valence-corrected chi connectivity index (χ3v) is 6.43. The highest BCUT2D eigenvalue weighted by Gasteiger charge is 2.29. The highest BCUT2D eigenvalue weighted by atomic mass is 32.2. The van der Waals surface area contributed by atoms with Crippen LogP contribution in [0.25, 0.3) is 0 Å². The van der Waals surface area contributed by atoms with Gasteiger partial charge in [0.1, 0.15) is 23.4 Å². The molecule has 2 heterocycles. The van der Waals surface area contributed by atoms with Crippen molar-refractivity contribution in [1.29, 1.82) is 0 Å². The van der Waals surface area contributed by atoms with Crippen molar-refractivity contribution in [1.82, 2.24) is 14.2 Å². The fourth-order valence-electron chi connectivity index (χ4n) is 3.03. The topological polar surface area (TPSA) is 126 Å². The van der Waals surface area contributed by atoms with Crippen molar-refractivity contribution in [2.24, 2.45) is 0 Å². The van der Waals surface area contributed by atoms with Gasteiger partial charge in [-0.05, 0) is 18.2 Å². The number of aliphatic hydroxyl groups is 1. The molecule has 156 valence electrons. The molecule has 0 saturated carbocycles. The summed E-state index contributed by atoms with van der Waals surface area (Å²) in [7, 11) is -3.57. The summed E-state index contributed by atoms with van der Waals surface area (Å²) in [6, 6.07) is 8.87. The molecule has 1 aromatic heterocycles. The summed E-state index contributed by atoms with van der Waals surface area (Å²) in [5, 5.41) is 21.0. The van der Waals surface area contributed by atoms with E-state index in [1.54, 1.807) is 12.1 Å². The Hall–Kier alpha value is -2.60. The molecule has 1 aromatic carbocycles. The van der Waals surface area contributed by atoms with Crippen LogP contribution in [0.4, 0.5) is 5.69 Å². The number of nitrogens with zero attached hydrogens (tertiary/aromatic N) is 4. The molecular weight excluding hydrogens is 400 g/mol. The van der Waals surface area contributed by atoms with Gasteiger partial charge in [0.15, 0.2) is 0 Å². The van der Waals surface area contributed by atoms with Crippen LogP contribution in [-0.2, 0) is 10.0 Å². The van der Waals surface area contributed by atoms with E-state index in [1.807, 2.05) is 4.90 Å². The Balaban J connectivity index is 1.47. The number of benzene rings is 1. The van der Waals surface area contributed by atoms with Gasteiger partial charge in [0.25, 0.3) is 5.69 Å². The number of rotatable bonds is 8. The maximum absolute atomic E-state index is 12.6. The lowest BCUT2D eigenvalue weighted by Gasteiger charge is -2.34. The van der Waals surface area contributed by atoms with Crippen molar-refractivity contribution in [3.8, 4) is 5.75 Å². The SMILES string of the molecule is O=[N+]([O-])c1cccc(OCC(O)CN2CCN(S(=O)(=O)c3cccnc3)CC2)c1. The number of hydrogen-bond donors (Lipinski definition) is 1. The van der Waals surface area contributed by atoms with Gasteiger partial charge in [-0.25, -0.2) is 8.42 Å². The van der Waals surface area contributed by atoms with Crippen molar-refractivity contribution in [2.45, 2.75) is 11.0 Å². The van der Waals surface area contributed by atoms with E-state index in [-0.39, 0.29) is 17.2 Å². The molecule has 11 heteroatoms. The summed E-state index contributed by atoms with van der Waals surface area (Å²) < 4.78 is 32.1. The van der Waals surface area contributed by atoms with Crippen LogP contribution >= 0.6 is 0 Å². The number of hydrogen-bond acceptors (Lipinski definition) is 8. The Morgan fingerprint density at radius 3 is 2.62 bits per heavy atom. The molecule has 3 rings (SSSR count). The number of sulfonamides is 1. The van der Waals surface area contributed by atoms with Gasteiger partial charge in [0.2, 0.25) is 10.0 Å². The Labute approximate surface area is 168 Å². The smallest absolute Gasteiger partial charge is 0.273 e. The van der Waals surface area contributed by atoms with E-state index in [0.29, 0.717) is 38.5 Å². The van der Waals surface area contributed by atoms with Gasteiger partial charge in [-0.2, -0.15) is 4.31 Å². The lowest BCUT2D eigenvalue weighted by Crippen LogP contribution is -2.50. The van der Waals surface area contributed by atoms with Crippen LogP contribution in [0.2, 0.25) is 0 Å². The largest absolute Gasteiger partial charge is 0.491 e. The number of β-amino-alcohol motifs (C(OH)–C–C–N with tert-alkyl or cyclic N) is 1. The average Bonchev–Trinajstić information content (AvgIpc) is 2.73. The van der Waals surface area contributed by atoms with Gasteiger partial charge in [-0.1, -0.05) is 6.07 Å². The molecule has 0 radical (unpaired) electrons. The fraction of sp³-hybridized carbons (Fsp3) is 0.389. The first-order chi connectivity index (χ1) is 13.9. The number of nitro benzene ring substituents is 1. The predicted octanol–water partition coefficient (Wildman–Crippen LogP) is 0.736. The minimum Gasteiger partial charge on any atom is -0.491 e. The first kappa shape index (κ1) is 21.1. The second-order valence-corrected chi connectivity index (χ2v) is 8.55. The quantitative estimate of drug-likeness (QED) is 0.488. The lowest BCUT2D eigenvalue weighted by molar-refractivity contribution is -0.384. The zero-order valence-electron chi connectivity index (χ0n) is 15.6. The molecule has 1 aliphatic rings. The summed E-state index contributed by atoms with van der Waals surface area (Å²) in [6.07, 6.45) is 2.04. The van der Waals surface area contributed by atoms with Crippen LogP contribution in [0.15, 0.2) is 53.7 Å². The first-order valence-electron chi connectivity index (χ1n) is 9.04. The average molecular weight is 422 g/mol. The zero-order chi connectivity index (χ0) is 20.9. The van der Waals surface area contributed by atoms with Gasteiger partial charge >= 0.3 is 0 Å². The van der Waals surface area contributed by atoms with Crippen LogP contribution < -0.4 is 4.74 Å². The number of ether oxygens (including phenoxy) is 1. The number of nitro groups is 1. The Kier molecular flexibility index (Phi) is 6.75. The van der Waals surface area contributed by atoms with E-state index in [0.717, 1.165) is 0 Å². The molecular formula is C18H22N4O6S. The van der Waals surface area contributed by atoms with E-state index in [4.69, 9.17) is 4.74 Å². The van der Waals surface area contributed by atoms with E-state index in [1.165, 1.54) is 41.0 Å². The standard InChI is InChI=1S/C18H22N4O6S/c23-16(14-28-17-4-1-3-15(11-17)22(24)25)13-20-7-9-21(10-8-20)29(26,27)18-5-2-6-19-12-18/h1-6,11-12,16,23H,7-10,13-14H2. The normalized spacial score (nSPS) is 17.0. The zero-order valence-corrected chi connectivity index (χ0v) is 16.4. The summed E-state index contributed by atoms with van der Waals surface area (Å²) in [5.41, 5.74) is -0.0806. The minimum absolute atomic E-state index is 0.0185. The van der Waals surface area contributed by atoms with E-state index in [9.17, 15) is 23.6 Å². The molecule has 0 spiro atoms. The van der Waals surface area contributed by atoms with Crippen LogP contribution in [0.1, 0.15) is 0 Å². The van der Waals surface area contributed by atoms with Crippen LogP contribution in [0.5, 0.6) is 5.75 Å². The van der Waals surface area contributed by atoms with Crippen molar-refractivity contribution in [3.05, 3.63) is 58.9 Å². The first-order valence-corrected chi connectivity index (χ1v) is 10.5. The van der Waals surface area contributed by atoms with E-state index >= 15 is 0 Å². The number of piperazine rings is 1. The molecule has 1 fully saturated rings. The summed E-state index contributed by atoms with van der Waals surface area (Å²) in [4.78, 5) is 16.3. The number of aromatic nitrogens is 1. The molecule has 2 aromatic rings. The summed E-state index contributed by atoms with van der Waals surface area (Å²) >= 11 is 0. The minimum atomic E-state index is -3.57. The van der Waals surface area contributed by atoms with Gasteiger partial charge in [-0.3, -0.25) is 20.0 Å². The van der Waals surface area contributed by atoms with Gasteiger partial charge in [0, 0.05) is 51.2 Å². The van der Waals surface area contributed by atoms with Gasteiger partial charge in [-0.15, -0.1) is 0 Å². The van der Waals surface area contributed by atoms with Crippen LogP contribution in [0.3, 0.4) is 0 Å². The van der Waals surface area contributed by atoms with E-state index < -0.39 is 21.1 Å². The molecule has 1 unspecified atom stereocenters. The van der Waals surface area contributed by atoms with Crippen LogP contribution in [-0.4, -0.2) is 78.1 Å². The molecule has 0 aliphatic carbocycles. The molecule has 1 N–H and O–H groups in total. The van der Waals surface area contributed by atoms with E-state index in [2.05, 4.69) is 4.98 Å². The van der Waals surface area contributed by atoms with Gasteiger partial charge in [0.05, 0.1) is 11.0 Å². The predicted molar refractivity (Wildman–Crippen MR) is 104 cm³/mol. The lowest BCUT2D eigenvalue weighted by atomic mass is 10.3. The number of non-ortho nitro benzene ring substituents is 1. The maximum Gasteiger partial charge on any atom is 0.273 e. The number of pyridine rings is 1. The number of aliphatic hydroxyl groups excluding tert-OH is 1. The summed E-state index contributed by atoms with van der Waals surface area (Å²) in [5.74, 6) is 0.311. The molecule has 1 saturated heterocycles. The van der Waals surface area contributed by atoms with Crippen molar-refractivity contribution >= 4 is 15.7 Å². The molecule has 29 heavy (non-hydrogen) atoms. The fourth-order valence-corrected chi connectivity index (χ4v) is 4.42. The second kappa shape index (κ2) is 9.27. The highest BCUT2D eigenvalue weighted by Crippen LogP contribution is 2.20. The van der Waals surface area contributed by atoms with Crippen molar-refractivity contribution in [3.63, 3.8) is 0 Å². The van der Waals surface area contributed by atoms with Crippen molar-refractivity contribution in [2.75, 3.05) is 39.3 Å². The van der Waals surface area contributed by atoms with Crippen molar-refractivity contribution < 1.29 is 23.2 Å². The Morgan fingerprint density at radius 1 is 1.21 bits per heavy atom. The monoisotopic (exact) mass is 422 g/mol. The Bertz CT molecular complexity index is 932. The molecule has 0 bridgehead atoms. The van der Waals surface area contributed by atoms with Crippen LogP contribution in [0, 0.1) is 10.1 Å². The maximum atomic E-state index is 12.6. The Morgan fingerprint density at radius 2 is 1.97 bits per heavy atom. The second-order valence-electron chi connectivity index (χ2n) is 6.61. The molecule has 10 nitrogen and oxygen atoms in total. The van der Waals surface area contributed by atoms with Gasteiger partial charge < -0.3 is 9.84 Å². The molecule has 1 atom stereocenters. The highest BCUT2D eigenvalue weighted by molar-refractivity contribution is 7.89. The molecule has 1 aliphatic heterocycles. The third kappa shape index (κ3) is 5.48. The summed E-state index contributed by atoms with van der Waals surface area (Å²) in [6.45, 7) is 1.89.